The van der Waals surface area contributed by atoms with Crippen molar-refractivity contribution in [2.45, 2.75) is 38.9 Å². The summed E-state index contributed by atoms with van der Waals surface area (Å²) >= 11 is 5.69. The molecule has 0 saturated carbocycles. The zero-order valence-corrected chi connectivity index (χ0v) is 22.4. The molecule has 1 aromatic heterocycles. The molecule has 192 valence electrons. The summed E-state index contributed by atoms with van der Waals surface area (Å²) in [6.07, 6.45) is 2.01. The van der Waals surface area contributed by atoms with E-state index in [2.05, 4.69) is 94.1 Å². The van der Waals surface area contributed by atoms with Crippen LogP contribution in [0.4, 0.5) is 17.6 Å². The van der Waals surface area contributed by atoms with Crippen LogP contribution in [0.5, 0.6) is 0 Å². The highest BCUT2D eigenvalue weighted by molar-refractivity contribution is 7.80. The first-order valence-corrected chi connectivity index (χ1v) is 13.7. The lowest BCUT2D eigenvalue weighted by molar-refractivity contribution is 0.705. The van der Waals surface area contributed by atoms with Gasteiger partial charge in [-0.25, -0.2) is 0 Å². The molecule has 0 aliphatic carbocycles. The fourth-order valence-electron chi connectivity index (χ4n) is 5.34. The van der Waals surface area contributed by atoms with Gasteiger partial charge in [0.1, 0.15) is 11.6 Å². The first kappa shape index (κ1) is 24.4. The highest BCUT2D eigenvalue weighted by Crippen LogP contribution is 2.29. The molecular weight excluding hydrogens is 488 g/mol. The number of hydrogen-bond acceptors (Lipinski definition) is 5. The predicted octanol–water partition coefficient (Wildman–Crippen LogP) is 5.65. The predicted molar refractivity (Wildman–Crippen MR) is 159 cm³/mol. The molecule has 0 unspecified atom stereocenters. The van der Waals surface area contributed by atoms with Crippen molar-refractivity contribution in [1.82, 2.24) is 15.3 Å². The van der Waals surface area contributed by atoms with Gasteiger partial charge in [-0.15, -0.1) is 0 Å². The summed E-state index contributed by atoms with van der Waals surface area (Å²) in [5.74, 6) is 2.36. The van der Waals surface area contributed by atoms with Crippen molar-refractivity contribution in [1.29, 1.82) is 0 Å². The summed E-state index contributed by atoms with van der Waals surface area (Å²) in [5.41, 5.74) is 6.72. The van der Waals surface area contributed by atoms with Gasteiger partial charge in [-0.1, -0.05) is 78.9 Å². The lowest BCUT2D eigenvalue weighted by Gasteiger charge is -2.33. The van der Waals surface area contributed by atoms with Gasteiger partial charge < -0.3 is 20.4 Å². The van der Waals surface area contributed by atoms with Gasteiger partial charge in [-0.3, -0.25) is 0 Å². The van der Waals surface area contributed by atoms with Gasteiger partial charge in [0.25, 0.3) is 0 Å². The fourth-order valence-corrected chi connectivity index (χ4v) is 5.61. The molecule has 3 aromatic carbocycles. The van der Waals surface area contributed by atoms with Crippen LogP contribution in [0.1, 0.15) is 40.8 Å². The van der Waals surface area contributed by atoms with E-state index in [1.54, 1.807) is 0 Å². The fraction of sp³-hybridized carbons (Fsp3) is 0.258. The number of nitrogens with zero attached hydrogens (tertiary/aromatic N) is 4. The first-order chi connectivity index (χ1) is 18.6. The number of nitrogens with one attached hydrogen (secondary N) is 2. The molecule has 38 heavy (non-hydrogen) atoms. The van der Waals surface area contributed by atoms with Crippen LogP contribution < -0.4 is 20.4 Å². The number of anilines is 3. The topological polar surface area (TPSA) is 56.3 Å². The molecule has 6 rings (SSSR count). The van der Waals surface area contributed by atoms with Crippen LogP contribution in [0.3, 0.4) is 0 Å². The molecule has 0 bridgehead atoms. The van der Waals surface area contributed by atoms with Crippen LogP contribution in [0.15, 0.2) is 84.9 Å². The van der Waals surface area contributed by atoms with Crippen LogP contribution >= 0.6 is 12.2 Å². The Labute approximate surface area is 229 Å². The van der Waals surface area contributed by atoms with Crippen LogP contribution in [0, 0.1) is 0 Å². The van der Waals surface area contributed by atoms with E-state index in [-0.39, 0.29) is 6.04 Å². The van der Waals surface area contributed by atoms with Gasteiger partial charge in [0.2, 0.25) is 5.95 Å². The second-order valence-electron chi connectivity index (χ2n) is 10.0. The molecule has 2 aliphatic rings. The Kier molecular flexibility index (Phi) is 6.92. The standard InChI is InChI=1S/C31H32N6S/c1-22(23-9-3-2-4-10-23)32-31(38)35-30-33-28(36-17-15-24-11-5-7-13-26(24)20-36)19-29(34-30)37-18-16-25-12-6-8-14-27(25)21-37/h2-14,19,22H,15-18,20-21H2,1H3,(H2,32,33,34,35,38)/t22-/m1/s1. The molecule has 0 amide bonds. The lowest BCUT2D eigenvalue weighted by atomic mass is 9.99. The highest BCUT2D eigenvalue weighted by atomic mass is 32.1. The monoisotopic (exact) mass is 520 g/mol. The van der Waals surface area contributed by atoms with Crippen molar-refractivity contribution >= 4 is 34.9 Å². The number of thiocarbonyl (C=S) groups is 1. The maximum absolute atomic E-state index is 5.69. The Morgan fingerprint density at radius 1 is 0.737 bits per heavy atom. The number of benzene rings is 3. The smallest absolute Gasteiger partial charge is 0.232 e. The van der Waals surface area contributed by atoms with E-state index in [1.165, 1.54) is 27.8 Å². The highest BCUT2D eigenvalue weighted by Gasteiger charge is 2.23. The van der Waals surface area contributed by atoms with Gasteiger partial charge in [-0.2, -0.15) is 9.97 Å². The molecule has 2 N–H and O–H groups in total. The molecule has 4 aromatic rings. The first-order valence-electron chi connectivity index (χ1n) is 13.3. The molecule has 3 heterocycles. The average molecular weight is 521 g/mol. The van der Waals surface area contributed by atoms with Gasteiger partial charge in [0.15, 0.2) is 5.11 Å². The maximum atomic E-state index is 5.69. The summed E-state index contributed by atoms with van der Waals surface area (Å²) in [7, 11) is 0. The van der Waals surface area contributed by atoms with Crippen molar-refractivity contribution < 1.29 is 0 Å². The molecule has 1 atom stereocenters. The molecule has 0 fully saturated rings. The van der Waals surface area contributed by atoms with E-state index < -0.39 is 0 Å². The van der Waals surface area contributed by atoms with Crippen molar-refractivity contribution in [3.63, 3.8) is 0 Å². The summed E-state index contributed by atoms with van der Waals surface area (Å²) < 4.78 is 0. The summed E-state index contributed by atoms with van der Waals surface area (Å²) in [6.45, 7) is 5.61. The van der Waals surface area contributed by atoms with E-state index in [1.807, 2.05) is 18.2 Å². The molecule has 0 radical (unpaired) electrons. The Bertz CT molecular complexity index is 1360. The Morgan fingerprint density at radius 2 is 1.24 bits per heavy atom. The summed E-state index contributed by atoms with van der Waals surface area (Å²) in [6, 6.07) is 29.9. The minimum Gasteiger partial charge on any atom is -0.356 e. The van der Waals surface area contributed by atoms with Gasteiger partial charge in [-0.05, 0) is 59.8 Å². The third-order valence-corrected chi connectivity index (χ3v) is 7.70. The lowest BCUT2D eigenvalue weighted by Crippen LogP contribution is -2.35. The summed E-state index contributed by atoms with van der Waals surface area (Å²) in [4.78, 5) is 14.6. The van der Waals surface area contributed by atoms with Gasteiger partial charge >= 0.3 is 0 Å². The second-order valence-corrected chi connectivity index (χ2v) is 10.4. The van der Waals surface area contributed by atoms with E-state index in [9.17, 15) is 0 Å². The van der Waals surface area contributed by atoms with E-state index in [4.69, 9.17) is 22.2 Å². The minimum atomic E-state index is 0.0658. The van der Waals surface area contributed by atoms with Gasteiger partial charge in [0.05, 0.1) is 6.04 Å². The SMILES string of the molecule is C[C@@H](NC(=S)Nc1nc(N2CCc3ccccc3C2)cc(N2CCc3ccccc3C2)n1)c1ccccc1. The number of fused-ring (bicyclic) bond motifs is 2. The van der Waals surface area contributed by atoms with E-state index >= 15 is 0 Å². The Morgan fingerprint density at radius 3 is 1.79 bits per heavy atom. The molecular formula is C31H32N6S. The normalized spacial score (nSPS) is 15.3. The van der Waals surface area contributed by atoms with E-state index in [0.717, 1.165) is 50.7 Å². The maximum Gasteiger partial charge on any atom is 0.232 e. The molecule has 0 spiro atoms. The third kappa shape index (κ3) is 5.34. The van der Waals surface area contributed by atoms with Crippen LogP contribution in [-0.4, -0.2) is 28.2 Å². The van der Waals surface area contributed by atoms with Crippen molar-refractivity contribution in [3.8, 4) is 0 Å². The second kappa shape index (κ2) is 10.8. The van der Waals surface area contributed by atoms with E-state index in [0.29, 0.717) is 11.1 Å². The quantitative estimate of drug-likeness (QED) is 0.330. The third-order valence-electron chi connectivity index (χ3n) is 7.48. The molecule has 7 heteroatoms. The number of rotatable bonds is 5. The van der Waals surface area contributed by atoms with Crippen LogP contribution in [0.25, 0.3) is 0 Å². The number of aromatic nitrogens is 2. The summed E-state index contributed by atoms with van der Waals surface area (Å²) in [5, 5.41) is 7.18. The van der Waals surface area contributed by atoms with Crippen molar-refractivity contribution in [2.75, 3.05) is 28.2 Å². The Hall–Kier alpha value is -3.97. The zero-order chi connectivity index (χ0) is 25.9. The largest absolute Gasteiger partial charge is 0.356 e. The minimum absolute atomic E-state index is 0.0658. The number of hydrogen-bond donors (Lipinski definition) is 2. The van der Waals surface area contributed by atoms with Gasteiger partial charge in [0, 0.05) is 32.2 Å². The molecule has 6 nitrogen and oxygen atoms in total. The van der Waals surface area contributed by atoms with Crippen LogP contribution in [-0.2, 0) is 25.9 Å². The Balaban J connectivity index is 1.27. The van der Waals surface area contributed by atoms with Crippen molar-refractivity contribution in [3.05, 3.63) is 113 Å². The van der Waals surface area contributed by atoms with Crippen molar-refractivity contribution in [2.24, 2.45) is 0 Å². The molecule has 0 saturated heterocycles. The molecule has 2 aliphatic heterocycles. The van der Waals surface area contributed by atoms with Crippen LogP contribution in [0.2, 0.25) is 0 Å². The zero-order valence-electron chi connectivity index (χ0n) is 21.6. The average Bonchev–Trinajstić information content (AvgIpc) is 2.97.